The molecule has 0 heterocycles. The number of hydrogen-bond donors (Lipinski definition) is 2. The predicted molar refractivity (Wildman–Crippen MR) is 84.0 cm³/mol. The van der Waals surface area contributed by atoms with Crippen molar-refractivity contribution in [2.24, 2.45) is 5.73 Å². The molecular weight excluding hydrogens is 264 g/mol. The Hall–Kier alpha value is -1.39. The normalized spacial score (nSPS) is 25.7. The van der Waals surface area contributed by atoms with Gasteiger partial charge in [-0.3, -0.25) is 4.79 Å². The second-order valence-corrected chi connectivity index (χ2v) is 5.87. The number of rotatable bonds is 7. The molecule has 2 rings (SSSR count). The SMILES string of the molecule is CNC1(C(N)=O)CCCC(OCCCc2ccccc2)C1. The van der Waals surface area contributed by atoms with Gasteiger partial charge in [-0.15, -0.1) is 0 Å². The van der Waals surface area contributed by atoms with Crippen LogP contribution in [0.3, 0.4) is 0 Å². The molecule has 4 nitrogen and oxygen atoms in total. The van der Waals surface area contributed by atoms with E-state index in [1.807, 2.05) is 13.1 Å². The van der Waals surface area contributed by atoms with E-state index in [9.17, 15) is 4.79 Å². The monoisotopic (exact) mass is 290 g/mol. The van der Waals surface area contributed by atoms with Crippen LogP contribution in [0, 0.1) is 0 Å². The first-order valence-electron chi connectivity index (χ1n) is 7.81. The van der Waals surface area contributed by atoms with Crippen molar-refractivity contribution >= 4 is 5.91 Å². The third kappa shape index (κ3) is 4.29. The van der Waals surface area contributed by atoms with E-state index in [-0.39, 0.29) is 12.0 Å². The summed E-state index contributed by atoms with van der Waals surface area (Å²) in [7, 11) is 1.81. The van der Waals surface area contributed by atoms with Crippen molar-refractivity contribution in [3.05, 3.63) is 35.9 Å². The van der Waals surface area contributed by atoms with Gasteiger partial charge in [0.1, 0.15) is 0 Å². The molecule has 0 spiro atoms. The molecule has 1 aromatic carbocycles. The van der Waals surface area contributed by atoms with Gasteiger partial charge in [-0.2, -0.15) is 0 Å². The summed E-state index contributed by atoms with van der Waals surface area (Å²) < 4.78 is 5.96. The average Bonchev–Trinajstić information content (AvgIpc) is 2.52. The molecule has 4 heteroatoms. The first-order valence-corrected chi connectivity index (χ1v) is 7.81. The Labute approximate surface area is 127 Å². The molecule has 1 aliphatic rings. The average molecular weight is 290 g/mol. The molecule has 2 atom stereocenters. The Balaban J connectivity index is 1.74. The van der Waals surface area contributed by atoms with Crippen molar-refractivity contribution in [3.8, 4) is 0 Å². The van der Waals surface area contributed by atoms with E-state index in [4.69, 9.17) is 10.5 Å². The highest BCUT2D eigenvalue weighted by molar-refractivity contribution is 5.84. The Morgan fingerprint density at radius 3 is 2.86 bits per heavy atom. The molecule has 0 aromatic heterocycles. The minimum Gasteiger partial charge on any atom is -0.378 e. The number of likely N-dealkylation sites (N-methyl/N-ethyl adjacent to an activating group) is 1. The highest BCUT2D eigenvalue weighted by atomic mass is 16.5. The molecule has 1 aliphatic carbocycles. The number of nitrogens with one attached hydrogen (secondary N) is 1. The van der Waals surface area contributed by atoms with Crippen LogP contribution in [-0.2, 0) is 16.0 Å². The molecule has 116 valence electrons. The van der Waals surface area contributed by atoms with Gasteiger partial charge in [0, 0.05) is 13.0 Å². The van der Waals surface area contributed by atoms with E-state index in [0.29, 0.717) is 6.42 Å². The van der Waals surface area contributed by atoms with Gasteiger partial charge < -0.3 is 15.8 Å². The van der Waals surface area contributed by atoms with Gasteiger partial charge in [0.2, 0.25) is 5.91 Å². The summed E-state index contributed by atoms with van der Waals surface area (Å²) in [5.41, 5.74) is 6.31. The first-order chi connectivity index (χ1) is 10.2. The van der Waals surface area contributed by atoms with Gasteiger partial charge in [0.05, 0.1) is 11.6 Å². The summed E-state index contributed by atoms with van der Waals surface area (Å²) in [6.45, 7) is 0.734. The third-order valence-corrected chi connectivity index (χ3v) is 4.46. The molecule has 0 aliphatic heterocycles. The molecule has 0 saturated heterocycles. The Kier molecular flexibility index (Phi) is 5.76. The Bertz CT molecular complexity index is 449. The molecule has 1 fully saturated rings. The van der Waals surface area contributed by atoms with Crippen molar-refractivity contribution in [3.63, 3.8) is 0 Å². The van der Waals surface area contributed by atoms with Gasteiger partial charge in [-0.1, -0.05) is 30.3 Å². The smallest absolute Gasteiger partial charge is 0.237 e. The van der Waals surface area contributed by atoms with Crippen LogP contribution in [0.2, 0.25) is 0 Å². The van der Waals surface area contributed by atoms with E-state index in [1.165, 1.54) is 5.56 Å². The van der Waals surface area contributed by atoms with Crippen LogP contribution in [0.4, 0.5) is 0 Å². The number of primary amides is 1. The molecule has 0 bridgehead atoms. The molecule has 1 aromatic rings. The van der Waals surface area contributed by atoms with Crippen molar-refractivity contribution in [2.45, 2.75) is 50.2 Å². The Morgan fingerprint density at radius 2 is 2.19 bits per heavy atom. The molecule has 3 N–H and O–H groups in total. The van der Waals surface area contributed by atoms with Gasteiger partial charge in [0.25, 0.3) is 0 Å². The van der Waals surface area contributed by atoms with Crippen LogP contribution in [0.1, 0.15) is 37.7 Å². The van der Waals surface area contributed by atoms with Gasteiger partial charge in [0.15, 0.2) is 0 Å². The van der Waals surface area contributed by atoms with Crippen LogP contribution < -0.4 is 11.1 Å². The Morgan fingerprint density at radius 1 is 1.43 bits per heavy atom. The fourth-order valence-corrected chi connectivity index (χ4v) is 3.11. The number of amides is 1. The van der Waals surface area contributed by atoms with Crippen LogP contribution >= 0.6 is 0 Å². The van der Waals surface area contributed by atoms with Crippen molar-refractivity contribution in [1.82, 2.24) is 5.32 Å². The predicted octanol–water partition coefficient (Wildman–Crippen LogP) is 2.02. The van der Waals surface area contributed by atoms with E-state index >= 15 is 0 Å². The number of hydrogen-bond acceptors (Lipinski definition) is 3. The summed E-state index contributed by atoms with van der Waals surface area (Å²) in [4.78, 5) is 11.7. The van der Waals surface area contributed by atoms with Gasteiger partial charge in [-0.25, -0.2) is 0 Å². The maximum absolute atomic E-state index is 11.7. The molecule has 2 unspecified atom stereocenters. The van der Waals surface area contributed by atoms with E-state index in [0.717, 1.165) is 38.7 Å². The zero-order chi connectivity index (χ0) is 15.1. The zero-order valence-electron chi connectivity index (χ0n) is 12.8. The van der Waals surface area contributed by atoms with E-state index < -0.39 is 5.54 Å². The van der Waals surface area contributed by atoms with Crippen molar-refractivity contribution < 1.29 is 9.53 Å². The number of carbonyl (C=O) groups is 1. The number of aryl methyl sites for hydroxylation is 1. The lowest BCUT2D eigenvalue weighted by molar-refractivity contribution is -0.128. The summed E-state index contributed by atoms with van der Waals surface area (Å²) >= 11 is 0. The van der Waals surface area contributed by atoms with Crippen LogP contribution in [0.25, 0.3) is 0 Å². The fraction of sp³-hybridized carbons (Fsp3) is 0.588. The first kappa shape index (κ1) is 16.0. The lowest BCUT2D eigenvalue weighted by Crippen LogP contribution is -2.57. The number of benzene rings is 1. The topological polar surface area (TPSA) is 64.3 Å². The second-order valence-electron chi connectivity index (χ2n) is 5.87. The highest BCUT2D eigenvalue weighted by Gasteiger charge is 2.40. The third-order valence-electron chi connectivity index (χ3n) is 4.46. The summed E-state index contributed by atoms with van der Waals surface area (Å²) in [5, 5.41) is 3.11. The quantitative estimate of drug-likeness (QED) is 0.755. The summed E-state index contributed by atoms with van der Waals surface area (Å²) in [6.07, 6.45) is 5.65. The number of ether oxygens (including phenoxy) is 1. The summed E-state index contributed by atoms with van der Waals surface area (Å²) in [5.74, 6) is -0.261. The van der Waals surface area contributed by atoms with Crippen molar-refractivity contribution in [1.29, 1.82) is 0 Å². The minimum atomic E-state index is -0.581. The maximum atomic E-state index is 11.7. The number of nitrogens with two attached hydrogens (primary N) is 1. The van der Waals surface area contributed by atoms with Gasteiger partial charge >= 0.3 is 0 Å². The zero-order valence-corrected chi connectivity index (χ0v) is 12.8. The maximum Gasteiger partial charge on any atom is 0.237 e. The molecular formula is C17H26N2O2. The number of carbonyl (C=O) groups excluding carboxylic acids is 1. The van der Waals surface area contributed by atoms with Gasteiger partial charge in [-0.05, 0) is 44.7 Å². The van der Waals surface area contributed by atoms with E-state index in [1.54, 1.807) is 0 Å². The summed E-state index contributed by atoms with van der Waals surface area (Å²) in [6, 6.07) is 10.4. The molecule has 0 radical (unpaired) electrons. The molecule has 1 amide bonds. The largest absolute Gasteiger partial charge is 0.378 e. The van der Waals surface area contributed by atoms with Crippen LogP contribution in [0.5, 0.6) is 0 Å². The van der Waals surface area contributed by atoms with Crippen molar-refractivity contribution in [2.75, 3.05) is 13.7 Å². The lowest BCUT2D eigenvalue weighted by atomic mass is 9.79. The van der Waals surface area contributed by atoms with E-state index in [2.05, 4.69) is 29.6 Å². The lowest BCUT2D eigenvalue weighted by Gasteiger charge is -2.38. The van der Waals surface area contributed by atoms with Crippen LogP contribution in [-0.4, -0.2) is 31.2 Å². The van der Waals surface area contributed by atoms with Crippen LogP contribution in [0.15, 0.2) is 30.3 Å². The highest BCUT2D eigenvalue weighted by Crippen LogP contribution is 2.29. The minimum absolute atomic E-state index is 0.134. The standard InChI is InChI=1S/C17H26N2O2/c1-19-17(16(18)20)11-5-10-15(13-17)21-12-6-9-14-7-3-2-4-8-14/h2-4,7-8,15,19H,5-6,9-13H2,1H3,(H2,18,20). The molecule has 1 saturated carbocycles. The fourth-order valence-electron chi connectivity index (χ4n) is 3.11. The molecule has 21 heavy (non-hydrogen) atoms. The second kappa shape index (κ2) is 7.57.